The molecule has 3 aromatic rings. The molecule has 1 N–H and O–H groups in total. The van der Waals surface area contributed by atoms with Crippen LogP contribution in [0.4, 0.5) is 10.1 Å². The van der Waals surface area contributed by atoms with Gasteiger partial charge >= 0.3 is 0 Å². The lowest BCUT2D eigenvalue weighted by Gasteiger charge is -2.31. The van der Waals surface area contributed by atoms with E-state index in [1.54, 1.807) is 42.5 Å². The number of nitrogens with zero attached hydrogens (tertiary/aromatic N) is 1. The van der Waals surface area contributed by atoms with Crippen LogP contribution >= 0.6 is 11.6 Å². The standard InChI is InChI=1S/C25H22ClFN2O4S/c26-19-8-13-23(22(15-19)24(30)17-5-2-1-3-6-17)28-25(31)18-7-4-14-29(16-18)34(32,33)21-11-9-20(27)10-12-21/h1-3,5-6,8-13,15,18H,4,7,14,16H2,(H,28,31)/t18-/m0/s1. The second-order valence-corrected chi connectivity index (χ2v) is 10.4. The van der Waals surface area contributed by atoms with Crippen LogP contribution in [0.15, 0.2) is 77.7 Å². The highest BCUT2D eigenvalue weighted by molar-refractivity contribution is 7.89. The highest BCUT2D eigenvalue weighted by Gasteiger charge is 2.33. The third kappa shape index (κ3) is 5.19. The lowest BCUT2D eigenvalue weighted by atomic mass is 9.97. The van der Waals surface area contributed by atoms with Crippen molar-refractivity contribution in [2.24, 2.45) is 5.92 Å². The van der Waals surface area contributed by atoms with Gasteiger partial charge in [-0.1, -0.05) is 41.9 Å². The van der Waals surface area contributed by atoms with Crippen molar-refractivity contribution in [2.45, 2.75) is 17.7 Å². The van der Waals surface area contributed by atoms with Gasteiger partial charge in [-0.25, -0.2) is 12.8 Å². The number of sulfonamides is 1. The highest BCUT2D eigenvalue weighted by Crippen LogP contribution is 2.28. The Morgan fingerprint density at radius 1 is 1.00 bits per heavy atom. The average Bonchev–Trinajstić information content (AvgIpc) is 2.85. The maximum absolute atomic E-state index is 13.2. The molecule has 0 bridgehead atoms. The SMILES string of the molecule is O=C(c1ccccc1)c1cc(Cl)ccc1NC(=O)[C@H]1CCCN(S(=O)(=O)c2ccc(F)cc2)C1. The van der Waals surface area contributed by atoms with Crippen molar-refractivity contribution in [1.82, 2.24) is 4.31 Å². The third-order valence-electron chi connectivity index (χ3n) is 5.73. The van der Waals surface area contributed by atoms with Gasteiger partial charge in [0.1, 0.15) is 5.82 Å². The molecule has 4 rings (SSSR count). The van der Waals surface area contributed by atoms with Gasteiger partial charge < -0.3 is 5.32 Å². The van der Waals surface area contributed by atoms with E-state index in [1.165, 1.54) is 22.5 Å². The van der Waals surface area contributed by atoms with Gasteiger partial charge in [0.2, 0.25) is 15.9 Å². The Labute approximate surface area is 202 Å². The number of ketones is 1. The number of halogens is 2. The van der Waals surface area contributed by atoms with Crippen LogP contribution < -0.4 is 5.32 Å². The summed E-state index contributed by atoms with van der Waals surface area (Å²) in [6, 6.07) is 17.9. The van der Waals surface area contributed by atoms with Gasteiger partial charge in [-0.2, -0.15) is 4.31 Å². The molecule has 3 aromatic carbocycles. The monoisotopic (exact) mass is 500 g/mol. The van der Waals surface area contributed by atoms with E-state index in [2.05, 4.69) is 5.32 Å². The second-order valence-electron chi connectivity index (χ2n) is 8.03. The molecule has 34 heavy (non-hydrogen) atoms. The minimum Gasteiger partial charge on any atom is -0.325 e. The Balaban J connectivity index is 1.53. The number of anilines is 1. The smallest absolute Gasteiger partial charge is 0.243 e. The number of carbonyl (C=O) groups excluding carboxylic acids is 2. The molecule has 1 atom stereocenters. The van der Waals surface area contributed by atoms with E-state index in [0.29, 0.717) is 29.1 Å². The Morgan fingerprint density at radius 2 is 1.71 bits per heavy atom. The first-order chi connectivity index (χ1) is 16.3. The van der Waals surface area contributed by atoms with E-state index < -0.39 is 21.8 Å². The summed E-state index contributed by atoms with van der Waals surface area (Å²) in [5.74, 6) is -1.82. The van der Waals surface area contributed by atoms with Gasteiger partial charge in [-0.15, -0.1) is 0 Å². The van der Waals surface area contributed by atoms with E-state index >= 15 is 0 Å². The van der Waals surface area contributed by atoms with E-state index in [9.17, 15) is 22.4 Å². The quantitative estimate of drug-likeness (QED) is 0.495. The third-order valence-corrected chi connectivity index (χ3v) is 7.84. The number of nitrogens with one attached hydrogen (secondary N) is 1. The van der Waals surface area contributed by atoms with Crippen LogP contribution in [0.25, 0.3) is 0 Å². The van der Waals surface area contributed by atoms with Gasteiger partial charge in [0, 0.05) is 29.2 Å². The number of hydrogen-bond acceptors (Lipinski definition) is 4. The molecule has 0 aliphatic carbocycles. The molecule has 0 radical (unpaired) electrons. The molecule has 1 amide bonds. The van der Waals surface area contributed by atoms with Crippen molar-refractivity contribution in [3.05, 3.63) is 94.8 Å². The fourth-order valence-electron chi connectivity index (χ4n) is 3.92. The fraction of sp³-hybridized carbons (Fsp3) is 0.200. The van der Waals surface area contributed by atoms with Gasteiger partial charge in [0.15, 0.2) is 5.78 Å². The van der Waals surface area contributed by atoms with E-state index in [4.69, 9.17) is 11.6 Å². The molecule has 6 nitrogen and oxygen atoms in total. The molecule has 1 aliphatic heterocycles. The molecule has 1 saturated heterocycles. The van der Waals surface area contributed by atoms with Gasteiger partial charge in [0.25, 0.3) is 0 Å². The van der Waals surface area contributed by atoms with Crippen molar-refractivity contribution >= 4 is 39.0 Å². The molecule has 0 aromatic heterocycles. The number of amides is 1. The Kier molecular flexibility index (Phi) is 7.11. The van der Waals surface area contributed by atoms with Crippen LogP contribution in [0.2, 0.25) is 5.02 Å². The largest absolute Gasteiger partial charge is 0.325 e. The van der Waals surface area contributed by atoms with Crippen LogP contribution in [0.3, 0.4) is 0 Å². The molecule has 1 heterocycles. The van der Waals surface area contributed by atoms with Crippen LogP contribution in [-0.2, 0) is 14.8 Å². The predicted octanol–water partition coefficient (Wildman–Crippen LogP) is 4.75. The average molecular weight is 501 g/mol. The summed E-state index contributed by atoms with van der Waals surface area (Å²) < 4.78 is 40.4. The molecule has 176 valence electrons. The van der Waals surface area contributed by atoms with Crippen LogP contribution in [0.5, 0.6) is 0 Å². The van der Waals surface area contributed by atoms with Gasteiger partial charge in [-0.3, -0.25) is 9.59 Å². The summed E-state index contributed by atoms with van der Waals surface area (Å²) in [5.41, 5.74) is 1.01. The molecule has 0 saturated carbocycles. The van der Waals surface area contributed by atoms with E-state index in [0.717, 1.165) is 12.1 Å². The first kappa shape index (κ1) is 24.1. The topological polar surface area (TPSA) is 83.6 Å². The summed E-state index contributed by atoms with van der Waals surface area (Å²) >= 11 is 6.11. The fourth-order valence-corrected chi connectivity index (χ4v) is 5.62. The summed E-state index contributed by atoms with van der Waals surface area (Å²) in [4.78, 5) is 26.1. The van der Waals surface area contributed by atoms with Gasteiger partial charge in [0.05, 0.1) is 16.5 Å². The van der Waals surface area contributed by atoms with Crippen molar-refractivity contribution in [1.29, 1.82) is 0 Å². The summed E-state index contributed by atoms with van der Waals surface area (Å²) in [6.07, 6.45) is 0.992. The summed E-state index contributed by atoms with van der Waals surface area (Å²) in [6.45, 7) is 0.253. The predicted molar refractivity (Wildman–Crippen MR) is 128 cm³/mol. The maximum Gasteiger partial charge on any atom is 0.243 e. The van der Waals surface area contributed by atoms with E-state index in [1.807, 2.05) is 0 Å². The van der Waals surface area contributed by atoms with E-state index in [-0.39, 0.29) is 35.2 Å². The molecule has 1 aliphatic rings. The number of carbonyl (C=O) groups is 2. The zero-order chi connectivity index (χ0) is 24.3. The normalized spacial score (nSPS) is 16.7. The molecule has 9 heteroatoms. The Morgan fingerprint density at radius 3 is 2.41 bits per heavy atom. The summed E-state index contributed by atoms with van der Waals surface area (Å²) in [7, 11) is -3.87. The number of benzene rings is 3. The highest BCUT2D eigenvalue weighted by atomic mass is 35.5. The van der Waals surface area contributed by atoms with Crippen molar-refractivity contribution in [2.75, 3.05) is 18.4 Å². The van der Waals surface area contributed by atoms with Crippen molar-refractivity contribution in [3.8, 4) is 0 Å². The second kappa shape index (κ2) is 10.0. The Bertz CT molecular complexity index is 1310. The lowest BCUT2D eigenvalue weighted by molar-refractivity contribution is -0.120. The minimum absolute atomic E-state index is 0.0128. The minimum atomic E-state index is -3.87. The number of piperidine rings is 1. The first-order valence-electron chi connectivity index (χ1n) is 10.7. The first-order valence-corrected chi connectivity index (χ1v) is 12.5. The molecule has 0 spiro atoms. The number of hydrogen-bond donors (Lipinski definition) is 1. The molecular weight excluding hydrogens is 479 g/mol. The zero-order valence-corrected chi connectivity index (χ0v) is 19.7. The molecule has 0 unspecified atom stereocenters. The van der Waals surface area contributed by atoms with Gasteiger partial charge in [-0.05, 0) is 55.3 Å². The zero-order valence-electron chi connectivity index (χ0n) is 18.1. The summed E-state index contributed by atoms with van der Waals surface area (Å²) in [5, 5.41) is 3.14. The van der Waals surface area contributed by atoms with Crippen molar-refractivity contribution in [3.63, 3.8) is 0 Å². The molecule has 1 fully saturated rings. The van der Waals surface area contributed by atoms with Crippen LogP contribution in [-0.4, -0.2) is 37.5 Å². The lowest BCUT2D eigenvalue weighted by Crippen LogP contribution is -2.43. The maximum atomic E-state index is 13.2. The van der Waals surface area contributed by atoms with Crippen LogP contribution in [0.1, 0.15) is 28.8 Å². The molecular formula is C25H22ClFN2O4S. The van der Waals surface area contributed by atoms with Crippen molar-refractivity contribution < 1.29 is 22.4 Å². The van der Waals surface area contributed by atoms with Crippen LogP contribution in [0, 0.1) is 11.7 Å². The number of rotatable bonds is 6. The Hall–Kier alpha value is -3.07.